The van der Waals surface area contributed by atoms with Gasteiger partial charge in [0.15, 0.2) is 0 Å². The van der Waals surface area contributed by atoms with Gasteiger partial charge >= 0.3 is 0 Å². The van der Waals surface area contributed by atoms with E-state index in [1.807, 2.05) is 24.5 Å². The first kappa shape index (κ1) is 22.8. The smallest absolute Gasteiger partial charge is 0.228 e. The molecule has 1 aromatic carbocycles. The Balaban J connectivity index is 1.58. The van der Waals surface area contributed by atoms with E-state index in [-0.39, 0.29) is 30.4 Å². The van der Waals surface area contributed by atoms with Gasteiger partial charge in [-0.2, -0.15) is 5.26 Å². The molecule has 0 aliphatic rings. The second-order valence-electron chi connectivity index (χ2n) is 8.57. The molecule has 1 amide bonds. The molecule has 4 aromatic rings. The highest BCUT2D eigenvalue weighted by atomic mass is 16.3. The van der Waals surface area contributed by atoms with E-state index in [0.29, 0.717) is 22.2 Å². The average molecular weight is 454 g/mol. The molecule has 8 heteroatoms. The minimum Gasteiger partial charge on any atom is -0.394 e. The molecule has 0 aliphatic carbocycles. The summed E-state index contributed by atoms with van der Waals surface area (Å²) in [4.78, 5) is 34.2. The summed E-state index contributed by atoms with van der Waals surface area (Å²) in [6, 6.07) is 13.8. The summed E-state index contributed by atoms with van der Waals surface area (Å²) in [7, 11) is 0. The first-order chi connectivity index (χ1) is 16.3. The molecule has 0 radical (unpaired) electrons. The molecule has 0 unspecified atom stereocenters. The lowest BCUT2D eigenvalue weighted by Gasteiger charge is -2.25. The molecule has 0 aliphatic heterocycles. The number of aliphatic hydroxyl groups excluding tert-OH is 1. The Kier molecular flexibility index (Phi) is 6.21. The van der Waals surface area contributed by atoms with E-state index in [1.54, 1.807) is 55.0 Å². The van der Waals surface area contributed by atoms with Crippen LogP contribution >= 0.6 is 0 Å². The molecule has 2 N–H and O–H groups in total. The van der Waals surface area contributed by atoms with Crippen LogP contribution in [0, 0.1) is 11.3 Å². The van der Waals surface area contributed by atoms with Crippen LogP contribution in [-0.2, 0) is 16.8 Å². The lowest BCUT2D eigenvalue weighted by atomic mass is 10.1. The van der Waals surface area contributed by atoms with Crippen LogP contribution in [0.15, 0.2) is 67.3 Å². The Bertz CT molecular complexity index is 1410. The van der Waals surface area contributed by atoms with Gasteiger partial charge in [0, 0.05) is 35.9 Å². The molecule has 3 aromatic heterocycles. The van der Waals surface area contributed by atoms with Crippen LogP contribution in [0.4, 0.5) is 5.69 Å². The number of nitriles is 1. The van der Waals surface area contributed by atoms with Crippen LogP contribution in [0.5, 0.6) is 0 Å². The van der Waals surface area contributed by atoms with Crippen molar-refractivity contribution in [3.05, 3.63) is 89.6 Å². The zero-order valence-electron chi connectivity index (χ0n) is 18.8. The average Bonchev–Trinajstić information content (AvgIpc) is 3.25. The number of carbonyl (C=O) groups is 2. The van der Waals surface area contributed by atoms with Crippen molar-refractivity contribution in [2.24, 2.45) is 0 Å². The van der Waals surface area contributed by atoms with Gasteiger partial charge in [0.2, 0.25) is 11.7 Å². The summed E-state index contributed by atoms with van der Waals surface area (Å²) < 4.78 is 1.86. The van der Waals surface area contributed by atoms with Gasteiger partial charge in [0.25, 0.3) is 0 Å². The van der Waals surface area contributed by atoms with Crippen LogP contribution < -0.4 is 5.32 Å². The molecule has 0 atom stereocenters. The summed E-state index contributed by atoms with van der Waals surface area (Å²) >= 11 is 0. The molecule has 0 bridgehead atoms. The highest BCUT2D eigenvalue weighted by Crippen LogP contribution is 2.28. The fourth-order valence-corrected chi connectivity index (χ4v) is 3.69. The van der Waals surface area contributed by atoms with Crippen molar-refractivity contribution in [1.82, 2.24) is 14.5 Å². The van der Waals surface area contributed by atoms with Gasteiger partial charge in [0.05, 0.1) is 41.3 Å². The Hall–Kier alpha value is -4.35. The number of carbonyl (C=O) groups excluding carboxylic acids is 2. The van der Waals surface area contributed by atoms with Crippen LogP contribution in [-0.4, -0.2) is 37.9 Å². The van der Waals surface area contributed by atoms with Gasteiger partial charge in [-0.1, -0.05) is 12.1 Å². The number of rotatable bonds is 7. The third-order valence-electron chi connectivity index (χ3n) is 5.61. The molecular formula is C26H23N5O3. The lowest BCUT2D eigenvalue weighted by molar-refractivity contribution is -0.115. The summed E-state index contributed by atoms with van der Waals surface area (Å²) in [6.07, 6.45) is 6.58. The first-order valence-electron chi connectivity index (χ1n) is 10.7. The molecular weight excluding hydrogens is 430 g/mol. The van der Waals surface area contributed by atoms with Gasteiger partial charge in [-0.05, 0) is 49.7 Å². The maximum Gasteiger partial charge on any atom is 0.228 e. The predicted molar refractivity (Wildman–Crippen MR) is 127 cm³/mol. The van der Waals surface area contributed by atoms with Gasteiger partial charge in [-0.15, -0.1) is 0 Å². The second kappa shape index (κ2) is 9.25. The SMILES string of the molecule is CC(C)(CO)n1cc(C(=O)c2cc(NC(=O)Cc3ccc(C#N)cc3)ccn2)c2cnccc21. The molecule has 0 fully saturated rings. The summed E-state index contributed by atoms with van der Waals surface area (Å²) in [5.74, 6) is -0.562. The van der Waals surface area contributed by atoms with Crippen LogP contribution in [0.1, 0.15) is 41.0 Å². The molecule has 3 heterocycles. The molecule has 0 saturated heterocycles. The van der Waals surface area contributed by atoms with Crippen molar-refractivity contribution in [1.29, 1.82) is 5.26 Å². The Morgan fingerprint density at radius 2 is 1.91 bits per heavy atom. The fourth-order valence-electron chi connectivity index (χ4n) is 3.69. The summed E-state index contributed by atoms with van der Waals surface area (Å²) in [5.41, 5.74) is 2.51. The predicted octanol–water partition coefficient (Wildman–Crippen LogP) is 3.44. The summed E-state index contributed by atoms with van der Waals surface area (Å²) in [5, 5.41) is 22.2. The van der Waals surface area contributed by atoms with Crippen LogP contribution in [0.2, 0.25) is 0 Å². The van der Waals surface area contributed by atoms with E-state index in [2.05, 4.69) is 15.3 Å². The number of fused-ring (bicyclic) bond motifs is 1. The van der Waals surface area contributed by atoms with Crippen molar-refractivity contribution in [2.45, 2.75) is 25.8 Å². The van der Waals surface area contributed by atoms with E-state index in [0.717, 1.165) is 11.1 Å². The number of nitrogens with zero attached hydrogens (tertiary/aromatic N) is 4. The molecule has 0 saturated carbocycles. The first-order valence-corrected chi connectivity index (χ1v) is 10.7. The minimum absolute atomic E-state index is 0.105. The minimum atomic E-state index is -0.618. The third kappa shape index (κ3) is 4.56. The largest absolute Gasteiger partial charge is 0.394 e. The van der Waals surface area contributed by atoms with Crippen LogP contribution in [0.25, 0.3) is 10.9 Å². The standard InChI is InChI=1S/C26H23N5O3/c1-26(2,16-32)31-15-21(20-14-28-9-8-23(20)31)25(34)22-12-19(7-10-29-22)30-24(33)11-17-3-5-18(13-27)6-4-17/h3-10,12,14-15,32H,11,16H2,1-2H3,(H,29,30,33). The third-order valence-corrected chi connectivity index (χ3v) is 5.61. The quantitative estimate of drug-likeness (QED) is 0.414. The molecule has 4 rings (SSSR count). The maximum absolute atomic E-state index is 13.4. The molecule has 170 valence electrons. The number of ketones is 1. The molecule has 34 heavy (non-hydrogen) atoms. The fraction of sp³-hybridized carbons (Fsp3) is 0.192. The number of amides is 1. The van der Waals surface area contributed by atoms with Gasteiger partial charge in [-0.25, -0.2) is 0 Å². The van der Waals surface area contributed by atoms with Crippen molar-refractivity contribution < 1.29 is 14.7 Å². The number of aliphatic hydroxyl groups is 1. The molecule has 8 nitrogen and oxygen atoms in total. The van der Waals surface area contributed by atoms with Crippen LogP contribution in [0.3, 0.4) is 0 Å². The monoisotopic (exact) mass is 453 g/mol. The highest BCUT2D eigenvalue weighted by Gasteiger charge is 2.25. The van der Waals surface area contributed by atoms with E-state index in [4.69, 9.17) is 5.26 Å². The Morgan fingerprint density at radius 3 is 2.62 bits per heavy atom. The molecule has 0 spiro atoms. The van der Waals surface area contributed by atoms with Gasteiger partial charge in [-0.3, -0.25) is 19.6 Å². The second-order valence-corrected chi connectivity index (χ2v) is 8.57. The van der Waals surface area contributed by atoms with Gasteiger partial charge in [0.1, 0.15) is 5.69 Å². The summed E-state index contributed by atoms with van der Waals surface area (Å²) in [6.45, 7) is 3.65. The lowest BCUT2D eigenvalue weighted by Crippen LogP contribution is -2.29. The maximum atomic E-state index is 13.4. The van der Waals surface area contributed by atoms with Crippen molar-refractivity contribution in [3.63, 3.8) is 0 Å². The zero-order chi connectivity index (χ0) is 24.3. The number of anilines is 1. The number of aromatic nitrogens is 3. The topological polar surface area (TPSA) is 121 Å². The number of hydrogen-bond donors (Lipinski definition) is 2. The Labute approximate surface area is 196 Å². The zero-order valence-corrected chi connectivity index (χ0v) is 18.8. The normalized spacial score (nSPS) is 11.2. The number of pyridine rings is 2. The van der Waals surface area contributed by atoms with Gasteiger partial charge < -0.3 is 15.0 Å². The van der Waals surface area contributed by atoms with Crippen molar-refractivity contribution in [2.75, 3.05) is 11.9 Å². The number of benzene rings is 1. The van der Waals surface area contributed by atoms with Crippen molar-refractivity contribution >= 4 is 28.3 Å². The van der Waals surface area contributed by atoms with E-state index < -0.39 is 5.54 Å². The van der Waals surface area contributed by atoms with E-state index >= 15 is 0 Å². The number of nitrogens with one attached hydrogen (secondary N) is 1. The van der Waals surface area contributed by atoms with E-state index in [1.165, 1.54) is 12.3 Å². The van der Waals surface area contributed by atoms with Crippen molar-refractivity contribution in [3.8, 4) is 6.07 Å². The van der Waals surface area contributed by atoms with E-state index in [9.17, 15) is 14.7 Å². The highest BCUT2D eigenvalue weighted by molar-refractivity contribution is 6.15. The Morgan fingerprint density at radius 1 is 1.15 bits per heavy atom. The number of hydrogen-bond acceptors (Lipinski definition) is 6.